The lowest BCUT2D eigenvalue weighted by molar-refractivity contribution is 0.0510. The van der Waals surface area contributed by atoms with Gasteiger partial charge < -0.3 is 4.74 Å². The molecule has 0 aromatic carbocycles. The van der Waals surface area contributed by atoms with Crippen LogP contribution < -0.4 is 0 Å². The van der Waals surface area contributed by atoms with Crippen molar-refractivity contribution >= 4 is 12.4 Å². The van der Waals surface area contributed by atoms with E-state index in [1.165, 1.54) is 0 Å². The number of carbonyl (C=O) groups excluding carboxylic acids is 2. The van der Waals surface area contributed by atoms with Crippen LogP contribution in [0.4, 0.5) is 4.79 Å². The molecule has 0 atom stereocenters. The molecule has 88 valence electrons. The minimum Gasteiger partial charge on any atom is -0.442 e. The summed E-state index contributed by atoms with van der Waals surface area (Å²) < 4.78 is 6.28. The molecule has 0 fully saturated rings. The van der Waals surface area contributed by atoms with Gasteiger partial charge in [-0.25, -0.2) is 4.79 Å². The Morgan fingerprint density at radius 1 is 1.38 bits per heavy atom. The first-order valence-corrected chi connectivity index (χ1v) is 5.01. The quantitative estimate of drug-likeness (QED) is 0.685. The monoisotopic (exact) mass is 224 g/mol. The van der Waals surface area contributed by atoms with Crippen molar-refractivity contribution in [1.82, 2.24) is 9.78 Å². The SMILES string of the molecule is Cc1nn(C(=O)OC(C)(C)C)c(C)c1C=O. The zero-order chi connectivity index (χ0) is 12.5. The molecule has 0 spiro atoms. The van der Waals surface area contributed by atoms with E-state index >= 15 is 0 Å². The maximum absolute atomic E-state index is 11.7. The van der Waals surface area contributed by atoms with Crippen LogP contribution in [0.3, 0.4) is 0 Å². The third-order valence-corrected chi connectivity index (χ3v) is 2.03. The molecule has 16 heavy (non-hydrogen) atoms. The molecule has 0 saturated heterocycles. The summed E-state index contributed by atoms with van der Waals surface area (Å²) in [6.07, 6.45) is 0.125. The van der Waals surface area contributed by atoms with Crippen LogP contribution in [0.25, 0.3) is 0 Å². The van der Waals surface area contributed by atoms with E-state index in [2.05, 4.69) is 5.10 Å². The van der Waals surface area contributed by atoms with Crippen molar-refractivity contribution in [2.45, 2.75) is 40.2 Å². The Bertz CT molecular complexity index is 427. The van der Waals surface area contributed by atoms with Crippen molar-refractivity contribution < 1.29 is 14.3 Å². The zero-order valence-electron chi connectivity index (χ0n) is 10.2. The minimum atomic E-state index is -0.579. The van der Waals surface area contributed by atoms with Gasteiger partial charge in [-0.05, 0) is 34.6 Å². The molecule has 0 radical (unpaired) electrons. The summed E-state index contributed by atoms with van der Waals surface area (Å²) in [5.41, 5.74) is 0.885. The maximum atomic E-state index is 11.7. The fraction of sp³-hybridized carbons (Fsp3) is 0.545. The summed E-state index contributed by atoms with van der Waals surface area (Å²) in [5.74, 6) is 0. The van der Waals surface area contributed by atoms with Crippen molar-refractivity contribution in [3.8, 4) is 0 Å². The summed E-state index contributed by atoms with van der Waals surface area (Å²) in [4.78, 5) is 22.5. The van der Waals surface area contributed by atoms with E-state index in [0.29, 0.717) is 23.2 Å². The number of ether oxygens (including phenoxy) is 1. The first-order chi connectivity index (χ1) is 7.26. The number of carbonyl (C=O) groups is 2. The molecule has 5 heteroatoms. The van der Waals surface area contributed by atoms with Crippen LogP contribution in [0.5, 0.6) is 0 Å². The fourth-order valence-electron chi connectivity index (χ4n) is 1.31. The third kappa shape index (κ3) is 2.48. The van der Waals surface area contributed by atoms with Crippen molar-refractivity contribution in [1.29, 1.82) is 0 Å². The average Bonchev–Trinajstić information content (AvgIpc) is 2.38. The minimum absolute atomic E-state index is 0.436. The Morgan fingerprint density at radius 2 is 1.94 bits per heavy atom. The van der Waals surface area contributed by atoms with Gasteiger partial charge in [0.2, 0.25) is 0 Å². The number of hydrogen-bond acceptors (Lipinski definition) is 4. The molecule has 0 amide bonds. The largest absolute Gasteiger partial charge is 0.442 e. The van der Waals surface area contributed by atoms with Gasteiger partial charge in [-0.1, -0.05) is 0 Å². The summed E-state index contributed by atoms with van der Waals surface area (Å²) in [6, 6.07) is 0. The summed E-state index contributed by atoms with van der Waals surface area (Å²) in [7, 11) is 0. The predicted molar refractivity (Wildman–Crippen MR) is 58.7 cm³/mol. The molecular weight excluding hydrogens is 208 g/mol. The van der Waals surface area contributed by atoms with Crippen LogP contribution in [0.1, 0.15) is 42.5 Å². The molecule has 0 aliphatic heterocycles. The van der Waals surface area contributed by atoms with E-state index in [-0.39, 0.29) is 0 Å². The first kappa shape index (κ1) is 12.4. The molecule has 0 N–H and O–H groups in total. The van der Waals surface area contributed by atoms with Gasteiger partial charge in [0, 0.05) is 0 Å². The van der Waals surface area contributed by atoms with Crippen molar-refractivity contribution in [3.05, 3.63) is 17.0 Å². The van der Waals surface area contributed by atoms with E-state index in [1.54, 1.807) is 34.6 Å². The van der Waals surface area contributed by atoms with Gasteiger partial charge in [0.15, 0.2) is 6.29 Å². The second-order valence-electron chi connectivity index (χ2n) is 4.59. The average molecular weight is 224 g/mol. The lowest BCUT2D eigenvalue weighted by atomic mass is 10.2. The summed E-state index contributed by atoms with van der Waals surface area (Å²) in [6.45, 7) is 8.66. The number of aromatic nitrogens is 2. The molecule has 1 rings (SSSR count). The fourth-order valence-corrected chi connectivity index (χ4v) is 1.31. The van der Waals surface area contributed by atoms with Crippen molar-refractivity contribution in [3.63, 3.8) is 0 Å². The second kappa shape index (κ2) is 4.08. The Morgan fingerprint density at radius 3 is 2.31 bits per heavy atom. The molecule has 1 aromatic heterocycles. The highest BCUT2D eigenvalue weighted by Gasteiger charge is 2.22. The maximum Gasteiger partial charge on any atom is 0.435 e. The number of hydrogen-bond donors (Lipinski definition) is 0. The predicted octanol–water partition coefficient (Wildman–Crippen LogP) is 2.10. The third-order valence-electron chi connectivity index (χ3n) is 2.03. The van der Waals surface area contributed by atoms with Crippen LogP contribution in [-0.4, -0.2) is 27.8 Å². The van der Waals surface area contributed by atoms with E-state index in [1.807, 2.05) is 0 Å². The van der Waals surface area contributed by atoms with E-state index in [0.717, 1.165) is 4.68 Å². The van der Waals surface area contributed by atoms with E-state index < -0.39 is 11.7 Å². The molecule has 0 unspecified atom stereocenters. The van der Waals surface area contributed by atoms with Gasteiger partial charge in [-0.15, -0.1) is 0 Å². The van der Waals surface area contributed by atoms with Crippen LogP contribution in [-0.2, 0) is 4.74 Å². The number of nitrogens with zero attached hydrogens (tertiary/aromatic N) is 2. The van der Waals surface area contributed by atoms with Crippen LogP contribution >= 0.6 is 0 Å². The Labute approximate surface area is 94.4 Å². The van der Waals surface area contributed by atoms with Crippen LogP contribution in [0.15, 0.2) is 0 Å². The molecular formula is C11H16N2O3. The second-order valence-corrected chi connectivity index (χ2v) is 4.59. The van der Waals surface area contributed by atoms with Crippen LogP contribution in [0.2, 0.25) is 0 Å². The zero-order valence-corrected chi connectivity index (χ0v) is 10.2. The van der Waals surface area contributed by atoms with Crippen LogP contribution in [0, 0.1) is 13.8 Å². The van der Waals surface area contributed by atoms with Gasteiger partial charge in [0.05, 0.1) is 17.0 Å². The Hall–Kier alpha value is -1.65. The smallest absolute Gasteiger partial charge is 0.435 e. The molecule has 5 nitrogen and oxygen atoms in total. The molecule has 0 saturated carbocycles. The van der Waals surface area contributed by atoms with Crippen molar-refractivity contribution in [2.24, 2.45) is 0 Å². The topological polar surface area (TPSA) is 61.2 Å². The van der Waals surface area contributed by atoms with Crippen molar-refractivity contribution in [2.75, 3.05) is 0 Å². The highest BCUT2D eigenvalue weighted by molar-refractivity contribution is 5.81. The lowest BCUT2D eigenvalue weighted by Crippen LogP contribution is -2.28. The summed E-state index contributed by atoms with van der Waals surface area (Å²) >= 11 is 0. The van der Waals surface area contributed by atoms with E-state index in [4.69, 9.17) is 4.74 Å². The van der Waals surface area contributed by atoms with Gasteiger partial charge in [0.1, 0.15) is 5.60 Å². The Balaban J connectivity index is 3.06. The van der Waals surface area contributed by atoms with E-state index in [9.17, 15) is 9.59 Å². The Kier molecular flexibility index (Phi) is 3.16. The highest BCUT2D eigenvalue weighted by Crippen LogP contribution is 2.14. The van der Waals surface area contributed by atoms with Gasteiger partial charge in [-0.3, -0.25) is 4.79 Å². The number of rotatable bonds is 1. The number of aryl methyl sites for hydroxylation is 1. The number of aldehydes is 1. The molecule has 1 aromatic rings. The normalized spacial score (nSPS) is 11.3. The molecule has 0 aliphatic rings. The first-order valence-electron chi connectivity index (χ1n) is 5.01. The lowest BCUT2D eigenvalue weighted by Gasteiger charge is -2.19. The molecule has 0 aliphatic carbocycles. The van der Waals surface area contributed by atoms with Gasteiger partial charge in [0.25, 0.3) is 0 Å². The highest BCUT2D eigenvalue weighted by atomic mass is 16.6. The summed E-state index contributed by atoms with van der Waals surface area (Å²) in [5, 5.41) is 3.98. The molecule has 0 bridgehead atoms. The molecule has 1 heterocycles. The van der Waals surface area contributed by atoms with Gasteiger partial charge >= 0.3 is 6.09 Å². The van der Waals surface area contributed by atoms with Gasteiger partial charge in [-0.2, -0.15) is 9.78 Å². The standard InChI is InChI=1S/C11H16N2O3/c1-7-9(6-14)8(2)13(12-7)10(15)16-11(3,4)5/h6H,1-5H3.